The van der Waals surface area contributed by atoms with E-state index in [1.165, 1.54) is 0 Å². The fourth-order valence-corrected chi connectivity index (χ4v) is 4.94. The Morgan fingerprint density at radius 3 is 2.67 bits per heavy atom. The molecule has 6 heteroatoms. The lowest BCUT2D eigenvalue weighted by molar-refractivity contribution is 0.408. The summed E-state index contributed by atoms with van der Waals surface area (Å²) in [5.41, 5.74) is 6.96. The van der Waals surface area contributed by atoms with Crippen LogP contribution in [0.1, 0.15) is 25.3 Å². The van der Waals surface area contributed by atoms with Crippen molar-refractivity contribution in [1.82, 2.24) is 4.31 Å². The van der Waals surface area contributed by atoms with Crippen molar-refractivity contribution < 1.29 is 8.42 Å². The van der Waals surface area contributed by atoms with Crippen molar-refractivity contribution in [2.45, 2.75) is 37.6 Å². The maximum Gasteiger partial charge on any atom is 0.243 e. The normalized spacial score (nSPS) is 21.4. The van der Waals surface area contributed by atoms with E-state index in [1.807, 2.05) is 6.92 Å². The van der Waals surface area contributed by atoms with Crippen LogP contribution in [-0.4, -0.2) is 25.3 Å². The average molecular weight is 333 g/mol. The lowest BCUT2D eigenvalue weighted by atomic mass is 10.2. The zero-order valence-corrected chi connectivity index (χ0v) is 12.9. The van der Waals surface area contributed by atoms with Crippen molar-refractivity contribution in [1.29, 1.82) is 0 Å². The molecule has 0 saturated carbocycles. The largest absolute Gasteiger partial charge is 0.398 e. The maximum absolute atomic E-state index is 12.6. The van der Waals surface area contributed by atoms with Crippen molar-refractivity contribution in [3.8, 4) is 0 Å². The molecular formula is C12H17BrN2O2S. The first kappa shape index (κ1) is 13.8. The van der Waals surface area contributed by atoms with E-state index < -0.39 is 10.0 Å². The van der Waals surface area contributed by atoms with E-state index >= 15 is 0 Å². The number of anilines is 1. The first-order valence-electron chi connectivity index (χ1n) is 5.91. The molecule has 0 radical (unpaired) electrons. The number of halogens is 1. The van der Waals surface area contributed by atoms with Crippen LogP contribution in [0.4, 0.5) is 5.69 Å². The third kappa shape index (κ3) is 2.29. The zero-order valence-electron chi connectivity index (χ0n) is 10.5. The number of nitrogens with two attached hydrogens (primary N) is 1. The number of hydrogen-bond acceptors (Lipinski definition) is 3. The molecule has 100 valence electrons. The lowest BCUT2D eigenvalue weighted by Gasteiger charge is -2.22. The van der Waals surface area contributed by atoms with Gasteiger partial charge in [0.15, 0.2) is 0 Å². The summed E-state index contributed by atoms with van der Waals surface area (Å²) in [6.07, 6.45) is 1.84. The molecule has 4 nitrogen and oxygen atoms in total. The molecule has 1 aliphatic rings. The standard InChI is InChI=1S/C12H17BrN2O2S/c1-8-4-3-5-15(8)18(16,17)12-7-10(13)6-11(14)9(12)2/h6-8H,3-5,14H2,1-2H3. The van der Waals surface area contributed by atoms with Crippen molar-refractivity contribution >= 4 is 31.6 Å². The molecule has 0 bridgehead atoms. The molecule has 0 aromatic heterocycles. The van der Waals surface area contributed by atoms with Gasteiger partial charge in [-0.1, -0.05) is 15.9 Å². The summed E-state index contributed by atoms with van der Waals surface area (Å²) >= 11 is 3.30. The van der Waals surface area contributed by atoms with Gasteiger partial charge in [-0.05, 0) is 44.4 Å². The minimum absolute atomic E-state index is 0.0645. The molecule has 18 heavy (non-hydrogen) atoms. The van der Waals surface area contributed by atoms with Crippen LogP contribution >= 0.6 is 15.9 Å². The van der Waals surface area contributed by atoms with Gasteiger partial charge in [0.25, 0.3) is 0 Å². The van der Waals surface area contributed by atoms with Gasteiger partial charge in [-0.15, -0.1) is 0 Å². The molecule has 1 heterocycles. The molecule has 1 aliphatic heterocycles. The smallest absolute Gasteiger partial charge is 0.243 e. The molecule has 0 aliphatic carbocycles. The fourth-order valence-electron chi connectivity index (χ4n) is 2.33. The van der Waals surface area contributed by atoms with E-state index in [0.717, 1.165) is 12.8 Å². The number of nitrogen functional groups attached to an aromatic ring is 1. The van der Waals surface area contributed by atoms with Crippen LogP contribution in [0.25, 0.3) is 0 Å². The summed E-state index contributed by atoms with van der Waals surface area (Å²) in [6, 6.07) is 3.42. The maximum atomic E-state index is 12.6. The first-order chi connectivity index (χ1) is 8.34. The number of hydrogen-bond donors (Lipinski definition) is 1. The molecule has 1 fully saturated rings. The van der Waals surface area contributed by atoms with Crippen LogP contribution < -0.4 is 5.73 Å². The minimum atomic E-state index is -3.44. The number of benzene rings is 1. The molecular weight excluding hydrogens is 316 g/mol. The summed E-state index contributed by atoms with van der Waals surface area (Å²) in [7, 11) is -3.44. The van der Waals surface area contributed by atoms with Gasteiger partial charge in [0.05, 0.1) is 4.90 Å². The second-order valence-electron chi connectivity index (χ2n) is 4.73. The SMILES string of the molecule is Cc1c(N)cc(Br)cc1S(=O)(=O)N1CCCC1C. The van der Waals surface area contributed by atoms with Crippen LogP contribution in [-0.2, 0) is 10.0 Å². The molecule has 1 unspecified atom stereocenters. The van der Waals surface area contributed by atoms with Gasteiger partial charge in [-0.25, -0.2) is 8.42 Å². The van der Waals surface area contributed by atoms with Gasteiger partial charge in [0.1, 0.15) is 0 Å². The molecule has 0 spiro atoms. The van der Waals surface area contributed by atoms with E-state index in [4.69, 9.17) is 5.73 Å². The summed E-state index contributed by atoms with van der Waals surface area (Å²) in [4.78, 5) is 0.308. The zero-order chi connectivity index (χ0) is 13.5. The van der Waals surface area contributed by atoms with Gasteiger partial charge in [0.2, 0.25) is 10.0 Å². The van der Waals surface area contributed by atoms with Gasteiger partial charge < -0.3 is 5.73 Å². The van der Waals surface area contributed by atoms with Gasteiger partial charge >= 0.3 is 0 Å². The van der Waals surface area contributed by atoms with Crippen molar-refractivity contribution in [3.63, 3.8) is 0 Å². The van der Waals surface area contributed by atoms with Crippen molar-refractivity contribution in [2.75, 3.05) is 12.3 Å². The average Bonchev–Trinajstić information content (AvgIpc) is 2.70. The number of rotatable bonds is 2. The quantitative estimate of drug-likeness (QED) is 0.846. The number of sulfonamides is 1. The Hall–Kier alpha value is -0.590. The summed E-state index contributed by atoms with van der Waals surface area (Å²) < 4.78 is 27.5. The number of nitrogens with zero attached hydrogens (tertiary/aromatic N) is 1. The van der Waals surface area contributed by atoms with Crippen LogP contribution in [0.5, 0.6) is 0 Å². The van der Waals surface area contributed by atoms with Crippen LogP contribution in [0, 0.1) is 6.92 Å². The Kier molecular flexibility index (Phi) is 3.71. The minimum Gasteiger partial charge on any atom is -0.398 e. The topological polar surface area (TPSA) is 63.4 Å². The van der Waals surface area contributed by atoms with Crippen LogP contribution in [0.3, 0.4) is 0 Å². The Balaban J connectivity index is 2.54. The highest BCUT2D eigenvalue weighted by atomic mass is 79.9. The highest BCUT2D eigenvalue weighted by molar-refractivity contribution is 9.10. The second kappa shape index (κ2) is 4.83. The molecule has 2 N–H and O–H groups in total. The predicted octanol–water partition coefficient (Wildman–Crippen LogP) is 2.51. The fraction of sp³-hybridized carbons (Fsp3) is 0.500. The Morgan fingerprint density at radius 1 is 1.44 bits per heavy atom. The van der Waals surface area contributed by atoms with Gasteiger partial charge in [0, 0.05) is 22.7 Å². The van der Waals surface area contributed by atoms with E-state index in [0.29, 0.717) is 27.2 Å². The van der Waals surface area contributed by atoms with Crippen LogP contribution in [0.2, 0.25) is 0 Å². The molecule has 2 rings (SSSR count). The predicted molar refractivity (Wildman–Crippen MR) is 75.9 cm³/mol. The van der Waals surface area contributed by atoms with Gasteiger partial charge in [-0.3, -0.25) is 0 Å². The first-order valence-corrected chi connectivity index (χ1v) is 8.15. The third-order valence-corrected chi connectivity index (χ3v) is 6.04. The van der Waals surface area contributed by atoms with E-state index in [1.54, 1.807) is 23.4 Å². The summed E-state index contributed by atoms with van der Waals surface area (Å²) in [5, 5.41) is 0. The molecule has 1 aromatic carbocycles. The molecule has 1 saturated heterocycles. The summed E-state index contributed by atoms with van der Waals surface area (Å²) in [6.45, 7) is 4.28. The lowest BCUT2D eigenvalue weighted by Crippen LogP contribution is -2.34. The molecule has 1 aromatic rings. The van der Waals surface area contributed by atoms with E-state index in [9.17, 15) is 8.42 Å². The monoisotopic (exact) mass is 332 g/mol. The Morgan fingerprint density at radius 2 is 2.11 bits per heavy atom. The van der Waals surface area contributed by atoms with E-state index in [-0.39, 0.29) is 6.04 Å². The molecule has 1 atom stereocenters. The highest BCUT2D eigenvalue weighted by Crippen LogP contribution is 2.31. The Bertz CT molecular complexity index is 572. The van der Waals surface area contributed by atoms with E-state index in [2.05, 4.69) is 15.9 Å². The van der Waals surface area contributed by atoms with Crippen molar-refractivity contribution in [2.24, 2.45) is 0 Å². The second-order valence-corrected chi connectivity index (χ2v) is 7.50. The Labute approximate surface area is 116 Å². The highest BCUT2D eigenvalue weighted by Gasteiger charge is 2.33. The summed E-state index contributed by atoms with van der Waals surface area (Å²) in [5.74, 6) is 0. The van der Waals surface area contributed by atoms with Crippen LogP contribution in [0.15, 0.2) is 21.5 Å². The molecule has 0 amide bonds. The van der Waals surface area contributed by atoms with Gasteiger partial charge in [-0.2, -0.15) is 4.31 Å². The van der Waals surface area contributed by atoms with Crippen molar-refractivity contribution in [3.05, 3.63) is 22.2 Å². The third-order valence-electron chi connectivity index (χ3n) is 3.44.